The van der Waals surface area contributed by atoms with Crippen molar-refractivity contribution in [1.82, 2.24) is 19.7 Å². The second-order valence-corrected chi connectivity index (χ2v) is 4.91. The molecule has 2 heterocycles. The molecule has 0 aromatic carbocycles. The molecule has 0 fully saturated rings. The van der Waals surface area contributed by atoms with Crippen molar-refractivity contribution in [2.24, 2.45) is 0 Å². The topological polar surface area (TPSA) is 63.8 Å². The maximum atomic E-state index is 9.14. The van der Waals surface area contributed by atoms with E-state index in [1.54, 1.807) is 17.7 Å². The first-order chi connectivity index (χ1) is 7.63. The fourth-order valence-corrected chi connectivity index (χ4v) is 2.74. The van der Waals surface area contributed by atoms with E-state index in [4.69, 9.17) is 5.11 Å². The summed E-state index contributed by atoms with van der Waals surface area (Å²) in [6, 6.07) is 0.114. The van der Waals surface area contributed by atoms with Gasteiger partial charge in [0, 0.05) is 0 Å². The van der Waals surface area contributed by atoms with Crippen LogP contribution in [0.15, 0.2) is 6.33 Å². The summed E-state index contributed by atoms with van der Waals surface area (Å²) in [5, 5.41) is 17.9. The van der Waals surface area contributed by atoms with E-state index in [0.29, 0.717) is 5.82 Å². The van der Waals surface area contributed by atoms with Crippen LogP contribution in [0.4, 0.5) is 0 Å². The molecule has 1 unspecified atom stereocenters. The molecule has 0 aliphatic carbocycles. The van der Waals surface area contributed by atoms with Crippen LogP contribution in [0.5, 0.6) is 0 Å². The van der Waals surface area contributed by atoms with Gasteiger partial charge in [-0.1, -0.05) is 0 Å². The van der Waals surface area contributed by atoms with Gasteiger partial charge in [-0.2, -0.15) is 0 Å². The van der Waals surface area contributed by atoms with Gasteiger partial charge in [-0.3, -0.25) is 0 Å². The zero-order valence-corrected chi connectivity index (χ0v) is 10.3. The van der Waals surface area contributed by atoms with E-state index in [1.165, 1.54) is 4.88 Å². The Labute approximate surface area is 97.8 Å². The summed E-state index contributed by atoms with van der Waals surface area (Å²) >= 11 is 1.67. The third kappa shape index (κ3) is 1.85. The van der Waals surface area contributed by atoms with Crippen molar-refractivity contribution < 1.29 is 5.11 Å². The van der Waals surface area contributed by atoms with Gasteiger partial charge in [0.25, 0.3) is 0 Å². The molecule has 16 heavy (non-hydrogen) atoms. The number of aliphatic hydroxyl groups is 1. The van der Waals surface area contributed by atoms with Crippen LogP contribution in [0.3, 0.4) is 0 Å². The summed E-state index contributed by atoms with van der Waals surface area (Å²) in [6.45, 7) is 5.95. The second kappa shape index (κ2) is 4.31. The Bertz CT molecular complexity index is 491. The number of hydrogen-bond acceptors (Lipinski definition) is 5. The summed E-state index contributed by atoms with van der Waals surface area (Å²) in [4.78, 5) is 5.59. The lowest BCUT2D eigenvalue weighted by Crippen LogP contribution is -2.09. The first-order valence-electron chi connectivity index (χ1n) is 5.06. The minimum atomic E-state index is -0.0961. The average Bonchev–Trinajstić information content (AvgIpc) is 2.83. The molecule has 5 nitrogen and oxygen atoms in total. The predicted octanol–water partition coefficient (Wildman–Crippen LogP) is 1.45. The molecule has 86 valence electrons. The first kappa shape index (κ1) is 11.2. The summed E-state index contributed by atoms with van der Waals surface area (Å²) in [5.41, 5.74) is 1.03. The molecule has 0 bridgehead atoms. The molecule has 2 aromatic rings. The van der Waals surface area contributed by atoms with Crippen LogP contribution >= 0.6 is 11.3 Å². The Morgan fingerprint density at radius 3 is 2.81 bits per heavy atom. The van der Waals surface area contributed by atoms with Crippen LogP contribution in [-0.4, -0.2) is 24.9 Å². The van der Waals surface area contributed by atoms with Crippen molar-refractivity contribution in [3.63, 3.8) is 0 Å². The molecule has 0 saturated heterocycles. The second-order valence-electron chi connectivity index (χ2n) is 3.67. The highest BCUT2D eigenvalue weighted by Gasteiger charge is 2.17. The maximum absolute atomic E-state index is 9.14. The Morgan fingerprint density at radius 2 is 2.25 bits per heavy atom. The van der Waals surface area contributed by atoms with Gasteiger partial charge >= 0.3 is 0 Å². The molecule has 0 aliphatic heterocycles. The van der Waals surface area contributed by atoms with Gasteiger partial charge in [0.1, 0.15) is 12.9 Å². The van der Waals surface area contributed by atoms with Gasteiger partial charge in [0.05, 0.1) is 21.6 Å². The van der Waals surface area contributed by atoms with Gasteiger partial charge < -0.3 is 9.67 Å². The molecule has 0 aliphatic rings. The van der Waals surface area contributed by atoms with Crippen LogP contribution in [0.2, 0.25) is 0 Å². The molecule has 2 rings (SSSR count). The Kier molecular flexibility index (Phi) is 3.02. The van der Waals surface area contributed by atoms with Crippen molar-refractivity contribution in [3.05, 3.63) is 27.7 Å². The number of nitrogens with zero attached hydrogens (tertiary/aromatic N) is 4. The molecule has 1 atom stereocenters. The highest BCUT2D eigenvalue weighted by atomic mass is 32.1. The van der Waals surface area contributed by atoms with Gasteiger partial charge in [-0.05, 0) is 20.8 Å². The molecular formula is C10H14N4OS. The van der Waals surface area contributed by atoms with Crippen LogP contribution in [0, 0.1) is 13.8 Å². The molecule has 6 heteroatoms. The lowest BCUT2D eigenvalue weighted by Gasteiger charge is -2.13. The fourth-order valence-electron chi connectivity index (χ4n) is 1.76. The number of hydrogen-bond donors (Lipinski definition) is 1. The van der Waals surface area contributed by atoms with Crippen LogP contribution in [-0.2, 0) is 6.61 Å². The molecular weight excluding hydrogens is 224 g/mol. The molecule has 0 radical (unpaired) electrons. The Morgan fingerprint density at radius 1 is 1.50 bits per heavy atom. The van der Waals surface area contributed by atoms with Crippen LogP contribution < -0.4 is 0 Å². The van der Waals surface area contributed by atoms with Crippen molar-refractivity contribution in [2.75, 3.05) is 0 Å². The van der Waals surface area contributed by atoms with Gasteiger partial charge in [-0.25, -0.2) is 4.98 Å². The number of aromatic nitrogens is 4. The average molecular weight is 238 g/mol. The lowest BCUT2D eigenvalue weighted by molar-refractivity contribution is 0.263. The molecule has 1 N–H and O–H groups in total. The predicted molar refractivity (Wildman–Crippen MR) is 61.3 cm³/mol. The number of thiazole rings is 1. The summed E-state index contributed by atoms with van der Waals surface area (Å²) in [5.74, 6) is 0.581. The number of aryl methyl sites for hydroxylation is 2. The zero-order chi connectivity index (χ0) is 11.7. The summed E-state index contributed by atoms with van der Waals surface area (Å²) < 4.78 is 1.87. The van der Waals surface area contributed by atoms with E-state index < -0.39 is 0 Å². The summed E-state index contributed by atoms with van der Waals surface area (Å²) in [6.07, 6.45) is 1.64. The highest BCUT2D eigenvalue weighted by molar-refractivity contribution is 7.11. The standard InChI is InChI=1S/C10H14N4OS/c1-6-10(16-8(3)12-6)7(2)14-5-11-13-9(14)4-15/h5,7,15H,4H2,1-3H3. The smallest absolute Gasteiger partial charge is 0.159 e. The van der Waals surface area contributed by atoms with E-state index in [-0.39, 0.29) is 12.6 Å². The van der Waals surface area contributed by atoms with Gasteiger partial charge in [-0.15, -0.1) is 21.5 Å². The number of aliphatic hydroxyl groups excluding tert-OH is 1. The molecule has 0 spiro atoms. The minimum absolute atomic E-state index is 0.0961. The summed E-state index contributed by atoms with van der Waals surface area (Å²) in [7, 11) is 0. The lowest BCUT2D eigenvalue weighted by atomic mass is 10.2. The largest absolute Gasteiger partial charge is 0.388 e. The van der Waals surface area contributed by atoms with Crippen molar-refractivity contribution in [2.45, 2.75) is 33.4 Å². The van der Waals surface area contributed by atoms with Crippen molar-refractivity contribution in [3.8, 4) is 0 Å². The molecule has 0 amide bonds. The third-order valence-corrected chi connectivity index (χ3v) is 3.77. The zero-order valence-electron chi connectivity index (χ0n) is 9.51. The Hall–Kier alpha value is -1.27. The monoisotopic (exact) mass is 238 g/mol. The highest BCUT2D eigenvalue weighted by Crippen LogP contribution is 2.27. The Balaban J connectivity index is 2.38. The van der Waals surface area contributed by atoms with Gasteiger partial charge in [0.2, 0.25) is 0 Å². The quantitative estimate of drug-likeness (QED) is 0.879. The SMILES string of the molecule is Cc1nc(C)c(C(C)n2cnnc2CO)s1. The van der Waals surface area contributed by atoms with E-state index in [0.717, 1.165) is 10.7 Å². The fraction of sp³-hybridized carbons (Fsp3) is 0.500. The molecule has 0 saturated carbocycles. The van der Waals surface area contributed by atoms with E-state index >= 15 is 0 Å². The van der Waals surface area contributed by atoms with Crippen LogP contribution in [0.25, 0.3) is 0 Å². The van der Waals surface area contributed by atoms with Gasteiger partial charge in [0.15, 0.2) is 5.82 Å². The minimum Gasteiger partial charge on any atom is -0.388 e. The molecule has 2 aromatic heterocycles. The van der Waals surface area contributed by atoms with Crippen molar-refractivity contribution >= 4 is 11.3 Å². The van der Waals surface area contributed by atoms with E-state index in [1.807, 2.05) is 18.4 Å². The number of rotatable bonds is 3. The first-order valence-corrected chi connectivity index (χ1v) is 5.88. The van der Waals surface area contributed by atoms with E-state index in [9.17, 15) is 0 Å². The van der Waals surface area contributed by atoms with E-state index in [2.05, 4.69) is 22.1 Å². The maximum Gasteiger partial charge on any atom is 0.159 e. The van der Waals surface area contributed by atoms with Crippen molar-refractivity contribution in [1.29, 1.82) is 0 Å². The van der Waals surface area contributed by atoms with Crippen LogP contribution in [0.1, 0.15) is 34.4 Å². The normalized spacial score (nSPS) is 13.0. The third-order valence-electron chi connectivity index (χ3n) is 2.52.